The SMILES string of the molecule is Nc1nccc(N2CCC[C@H](OC(=O)c3cc(Br)ccc3F)C2)n1. The van der Waals surface area contributed by atoms with Crippen LogP contribution in [0.3, 0.4) is 0 Å². The molecule has 0 amide bonds. The predicted octanol–water partition coefficient (Wildman–Crippen LogP) is 2.79. The maximum absolute atomic E-state index is 13.8. The molecule has 126 valence electrons. The van der Waals surface area contributed by atoms with E-state index in [9.17, 15) is 9.18 Å². The van der Waals surface area contributed by atoms with Crippen LogP contribution in [-0.2, 0) is 4.74 Å². The Balaban J connectivity index is 1.69. The van der Waals surface area contributed by atoms with Crippen LogP contribution in [0.5, 0.6) is 0 Å². The fraction of sp³-hybridized carbons (Fsp3) is 0.312. The fourth-order valence-corrected chi connectivity index (χ4v) is 3.01. The van der Waals surface area contributed by atoms with Gasteiger partial charge in [-0.1, -0.05) is 15.9 Å². The van der Waals surface area contributed by atoms with E-state index in [1.165, 1.54) is 18.2 Å². The number of halogens is 2. The molecular formula is C16H16BrFN4O2. The molecule has 0 aliphatic carbocycles. The second-order valence-corrected chi connectivity index (χ2v) is 6.43. The van der Waals surface area contributed by atoms with Gasteiger partial charge in [-0.2, -0.15) is 4.98 Å². The number of carbonyl (C=O) groups is 1. The van der Waals surface area contributed by atoms with E-state index < -0.39 is 11.8 Å². The first-order valence-corrected chi connectivity index (χ1v) is 8.32. The maximum atomic E-state index is 13.8. The summed E-state index contributed by atoms with van der Waals surface area (Å²) >= 11 is 3.23. The average Bonchev–Trinajstić information content (AvgIpc) is 2.57. The molecule has 8 heteroatoms. The van der Waals surface area contributed by atoms with Gasteiger partial charge in [0.25, 0.3) is 0 Å². The van der Waals surface area contributed by atoms with Crippen LogP contribution < -0.4 is 10.6 Å². The number of hydrogen-bond donors (Lipinski definition) is 1. The molecule has 0 saturated carbocycles. The Labute approximate surface area is 147 Å². The van der Waals surface area contributed by atoms with Gasteiger partial charge in [-0.15, -0.1) is 0 Å². The zero-order chi connectivity index (χ0) is 17.1. The van der Waals surface area contributed by atoms with Crippen LogP contribution in [0.1, 0.15) is 23.2 Å². The van der Waals surface area contributed by atoms with Crippen LogP contribution in [0, 0.1) is 5.82 Å². The van der Waals surface area contributed by atoms with E-state index in [2.05, 4.69) is 25.9 Å². The lowest BCUT2D eigenvalue weighted by atomic mass is 10.1. The van der Waals surface area contributed by atoms with Crippen molar-refractivity contribution in [2.75, 3.05) is 23.7 Å². The number of nitrogens with zero attached hydrogens (tertiary/aromatic N) is 3. The van der Waals surface area contributed by atoms with Crippen molar-refractivity contribution in [3.8, 4) is 0 Å². The number of esters is 1. The van der Waals surface area contributed by atoms with Crippen LogP contribution in [0.25, 0.3) is 0 Å². The number of nitrogen functional groups attached to an aromatic ring is 1. The lowest BCUT2D eigenvalue weighted by molar-refractivity contribution is 0.0264. The smallest absolute Gasteiger partial charge is 0.341 e. The van der Waals surface area contributed by atoms with Crippen molar-refractivity contribution in [1.29, 1.82) is 0 Å². The molecule has 1 aliphatic rings. The fourth-order valence-electron chi connectivity index (χ4n) is 2.65. The number of ether oxygens (including phenoxy) is 1. The molecule has 2 aromatic rings. The van der Waals surface area contributed by atoms with Crippen molar-refractivity contribution in [3.63, 3.8) is 0 Å². The molecule has 2 N–H and O–H groups in total. The average molecular weight is 395 g/mol. The second kappa shape index (κ2) is 7.12. The normalized spacial score (nSPS) is 17.6. The molecule has 0 unspecified atom stereocenters. The van der Waals surface area contributed by atoms with Crippen molar-refractivity contribution >= 4 is 33.7 Å². The molecule has 1 atom stereocenters. The molecule has 2 heterocycles. The Morgan fingerprint density at radius 3 is 3.04 bits per heavy atom. The van der Waals surface area contributed by atoms with Crippen LogP contribution in [-0.4, -0.2) is 35.1 Å². The number of hydrogen-bond acceptors (Lipinski definition) is 6. The minimum Gasteiger partial charge on any atom is -0.457 e. The summed E-state index contributed by atoms with van der Waals surface area (Å²) in [7, 11) is 0. The summed E-state index contributed by atoms with van der Waals surface area (Å²) in [6, 6.07) is 5.95. The Bertz CT molecular complexity index is 759. The number of anilines is 2. The zero-order valence-electron chi connectivity index (χ0n) is 12.8. The quantitative estimate of drug-likeness (QED) is 0.806. The van der Waals surface area contributed by atoms with Gasteiger partial charge in [0.15, 0.2) is 0 Å². The largest absolute Gasteiger partial charge is 0.457 e. The Kier molecular flexibility index (Phi) is 4.94. The number of rotatable bonds is 3. The van der Waals surface area contributed by atoms with E-state index in [0.717, 1.165) is 19.4 Å². The van der Waals surface area contributed by atoms with Gasteiger partial charge in [-0.3, -0.25) is 0 Å². The molecule has 1 aromatic heterocycles. The van der Waals surface area contributed by atoms with Crippen molar-refractivity contribution in [1.82, 2.24) is 9.97 Å². The van der Waals surface area contributed by atoms with Gasteiger partial charge in [0.1, 0.15) is 17.7 Å². The summed E-state index contributed by atoms with van der Waals surface area (Å²) in [5.74, 6) is -0.373. The summed E-state index contributed by atoms with van der Waals surface area (Å²) in [4.78, 5) is 22.3. The third kappa shape index (κ3) is 3.81. The molecule has 1 saturated heterocycles. The first-order valence-electron chi connectivity index (χ1n) is 7.52. The van der Waals surface area contributed by atoms with Crippen molar-refractivity contribution < 1.29 is 13.9 Å². The molecule has 0 bridgehead atoms. The van der Waals surface area contributed by atoms with E-state index in [1.54, 1.807) is 12.3 Å². The summed E-state index contributed by atoms with van der Waals surface area (Å²) in [5.41, 5.74) is 5.53. The molecule has 0 radical (unpaired) electrons. The highest BCUT2D eigenvalue weighted by atomic mass is 79.9. The molecule has 1 fully saturated rings. The van der Waals surface area contributed by atoms with E-state index >= 15 is 0 Å². The Morgan fingerprint density at radius 1 is 1.42 bits per heavy atom. The summed E-state index contributed by atoms with van der Waals surface area (Å²) in [6.45, 7) is 1.27. The van der Waals surface area contributed by atoms with Crippen molar-refractivity contribution in [2.45, 2.75) is 18.9 Å². The third-order valence-corrected chi connectivity index (χ3v) is 4.28. The first-order chi connectivity index (χ1) is 11.5. The Morgan fingerprint density at radius 2 is 2.25 bits per heavy atom. The maximum Gasteiger partial charge on any atom is 0.341 e. The van der Waals surface area contributed by atoms with Crippen LogP contribution in [0.4, 0.5) is 16.2 Å². The van der Waals surface area contributed by atoms with Crippen molar-refractivity contribution in [2.24, 2.45) is 0 Å². The van der Waals surface area contributed by atoms with Crippen molar-refractivity contribution in [3.05, 3.63) is 46.3 Å². The van der Waals surface area contributed by atoms with E-state index in [1.807, 2.05) is 4.90 Å². The van der Waals surface area contributed by atoms with Gasteiger partial charge in [0, 0.05) is 17.2 Å². The monoisotopic (exact) mass is 394 g/mol. The number of piperidine rings is 1. The highest BCUT2D eigenvalue weighted by Crippen LogP contribution is 2.22. The molecular weight excluding hydrogens is 379 g/mol. The lowest BCUT2D eigenvalue weighted by Gasteiger charge is -2.33. The number of nitrogens with two attached hydrogens (primary N) is 1. The van der Waals surface area contributed by atoms with Crippen LogP contribution in [0.2, 0.25) is 0 Å². The zero-order valence-corrected chi connectivity index (χ0v) is 14.4. The van der Waals surface area contributed by atoms with Crippen LogP contribution in [0.15, 0.2) is 34.9 Å². The predicted molar refractivity (Wildman–Crippen MR) is 91.2 cm³/mol. The van der Waals surface area contributed by atoms with E-state index in [-0.39, 0.29) is 17.6 Å². The summed E-state index contributed by atoms with van der Waals surface area (Å²) < 4.78 is 19.9. The van der Waals surface area contributed by atoms with Gasteiger partial charge in [0.05, 0.1) is 12.1 Å². The summed E-state index contributed by atoms with van der Waals surface area (Å²) in [5, 5.41) is 0. The molecule has 3 rings (SSSR count). The first kappa shape index (κ1) is 16.6. The minimum absolute atomic E-state index is 0.0761. The standard InChI is InChI=1S/C16H16BrFN4O2/c17-10-3-4-13(18)12(8-10)15(23)24-11-2-1-7-22(9-11)14-5-6-20-16(19)21-14/h3-6,8,11H,1-2,7,9H2,(H2,19,20,21)/t11-/m0/s1. The van der Waals surface area contributed by atoms with Crippen LogP contribution >= 0.6 is 15.9 Å². The third-order valence-electron chi connectivity index (χ3n) is 3.78. The van der Waals surface area contributed by atoms with E-state index in [0.29, 0.717) is 16.8 Å². The topological polar surface area (TPSA) is 81.3 Å². The molecule has 1 aromatic carbocycles. The molecule has 1 aliphatic heterocycles. The highest BCUT2D eigenvalue weighted by Gasteiger charge is 2.25. The highest BCUT2D eigenvalue weighted by molar-refractivity contribution is 9.10. The minimum atomic E-state index is -0.664. The number of benzene rings is 1. The molecule has 0 spiro atoms. The summed E-state index contributed by atoms with van der Waals surface area (Å²) in [6.07, 6.45) is 2.81. The van der Waals surface area contributed by atoms with Gasteiger partial charge in [0.2, 0.25) is 5.95 Å². The molecule has 6 nitrogen and oxygen atoms in total. The van der Waals surface area contributed by atoms with Gasteiger partial charge in [-0.05, 0) is 37.1 Å². The number of carbonyl (C=O) groups excluding carboxylic acids is 1. The molecule has 24 heavy (non-hydrogen) atoms. The van der Waals surface area contributed by atoms with Gasteiger partial charge < -0.3 is 15.4 Å². The van der Waals surface area contributed by atoms with E-state index in [4.69, 9.17) is 10.5 Å². The lowest BCUT2D eigenvalue weighted by Crippen LogP contribution is -2.41. The van der Waals surface area contributed by atoms with Gasteiger partial charge in [-0.25, -0.2) is 14.2 Å². The Hall–Kier alpha value is -2.22. The number of aromatic nitrogens is 2. The van der Waals surface area contributed by atoms with Gasteiger partial charge >= 0.3 is 5.97 Å². The second-order valence-electron chi connectivity index (χ2n) is 5.51.